The van der Waals surface area contributed by atoms with E-state index in [-0.39, 0.29) is 31.3 Å². The maximum absolute atomic E-state index is 13.3. The van der Waals surface area contributed by atoms with Crippen molar-refractivity contribution in [1.82, 2.24) is 10.2 Å². The largest absolute Gasteiger partial charge is 0.399 e. The average Bonchev–Trinajstić information content (AvgIpc) is 3.32. The number of carbonyl (C=O) groups excluding carboxylic acids is 2. The van der Waals surface area contributed by atoms with Crippen LogP contribution >= 0.6 is 0 Å². The molecule has 2 amide bonds. The maximum Gasteiger partial charge on any atom is 0.254 e. The van der Waals surface area contributed by atoms with Crippen LogP contribution in [0.15, 0.2) is 90.1 Å². The number of likely N-dealkylation sites (tertiary alicyclic amines) is 1. The fourth-order valence-corrected chi connectivity index (χ4v) is 4.06. The predicted molar refractivity (Wildman–Crippen MR) is 130 cm³/mol. The molecule has 1 fully saturated rings. The molecule has 0 bridgehead atoms. The lowest BCUT2D eigenvalue weighted by Crippen LogP contribution is -2.46. The molecule has 0 aromatic heterocycles. The van der Waals surface area contributed by atoms with Gasteiger partial charge in [-0.25, -0.2) is 0 Å². The monoisotopic (exact) mass is 457 g/mol. The molecule has 0 saturated carbocycles. The SMILES string of the molecule is CON=C1C[C@@H](C(=O)NC[C@@H](O)c2ccccc2)N(C(=O)c2ccc(-c3ccccc3)cc2)C1. The molecule has 2 atom stereocenters. The lowest BCUT2D eigenvalue weighted by molar-refractivity contribution is -0.125. The highest BCUT2D eigenvalue weighted by Gasteiger charge is 2.38. The Balaban J connectivity index is 1.47. The summed E-state index contributed by atoms with van der Waals surface area (Å²) in [5, 5.41) is 17.1. The van der Waals surface area contributed by atoms with E-state index in [9.17, 15) is 14.7 Å². The van der Waals surface area contributed by atoms with Crippen LogP contribution in [0.2, 0.25) is 0 Å². The first-order valence-corrected chi connectivity index (χ1v) is 11.1. The van der Waals surface area contributed by atoms with Crippen molar-refractivity contribution in [2.45, 2.75) is 18.6 Å². The van der Waals surface area contributed by atoms with Crippen molar-refractivity contribution in [3.63, 3.8) is 0 Å². The minimum Gasteiger partial charge on any atom is -0.399 e. The smallest absolute Gasteiger partial charge is 0.254 e. The van der Waals surface area contributed by atoms with Gasteiger partial charge in [-0.05, 0) is 28.8 Å². The summed E-state index contributed by atoms with van der Waals surface area (Å²) in [4.78, 5) is 32.7. The lowest BCUT2D eigenvalue weighted by Gasteiger charge is -2.24. The third kappa shape index (κ3) is 5.32. The van der Waals surface area contributed by atoms with Crippen LogP contribution in [0.5, 0.6) is 0 Å². The van der Waals surface area contributed by atoms with Crippen molar-refractivity contribution < 1.29 is 19.5 Å². The summed E-state index contributed by atoms with van der Waals surface area (Å²) in [7, 11) is 1.44. The molecule has 3 aromatic rings. The second kappa shape index (κ2) is 10.8. The van der Waals surface area contributed by atoms with E-state index >= 15 is 0 Å². The molecule has 174 valence electrons. The van der Waals surface area contributed by atoms with Gasteiger partial charge in [0.05, 0.1) is 18.4 Å². The van der Waals surface area contributed by atoms with E-state index in [2.05, 4.69) is 10.5 Å². The first-order valence-electron chi connectivity index (χ1n) is 11.1. The van der Waals surface area contributed by atoms with Crippen LogP contribution < -0.4 is 5.32 Å². The summed E-state index contributed by atoms with van der Waals surface area (Å²) in [6.07, 6.45) is -0.567. The van der Waals surface area contributed by atoms with E-state index < -0.39 is 12.1 Å². The molecule has 34 heavy (non-hydrogen) atoms. The molecular weight excluding hydrogens is 430 g/mol. The van der Waals surface area contributed by atoms with Crippen molar-refractivity contribution in [2.75, 3.05) is 20.2 Å². The van der Waals surface area contributed by atoms with Crippen molar-refractivity contribution in [3.05, 3.63) is 96.1 Å². The molecule has 0 radical (unpaired) electrons. The zero-order valence-electron chi connectivity index (χ0n) is 18.9. The van der Waals surface area contributed by atoms with E-state index in [0.717, 1.165) is 11.1 Å². The number of carbonyl (C=O) groups is 2. The Morgan fingerprint density at radius 3 is 2.26 bits per heavy atom. The van der Waals surface area contributed by atoms with Crippen LogP contribution in [0, 0.1) is 0 Å². The zero-order chi connectivity index (χ0) is 23.9. The fourth-order valence-electron chi connectivity index (χ4n) is 4.06. The Labute approximate surface area is 198 Å². The van der Waals surface area contributed by atoms with Crippen molar-refractivity contribution >= 4 is 17.5 Å². The van der Waals surface area contributed by atoms with Crippen LogP contribution in [-0.2, 0) is 9.63 Å². The topological polar surface area (TPSA) is 91.2 Å². The second-order valence-corrected chi connectivity index (χ2v) is 8.11. The number of rotatable bonds is 7. The van der Waals surface area contributed by atoms with Crippen LogP contribution in [-0.4, -0.2) is 53.8 Å². The van der Waals surface area contributed by atoms with Crippen LogP contribution in [0.3, 0.4) is 0 Å². The Kier molecular flexibility index (Phi) is 7.34. The van der Waals surface area contributed by atoms with Crippen LogP contribution in [0.1, 0.15) is 28.4 Å². The van der Waals surface area contributed by atoms with E-state index in [4.69, 9.17) is 4.84 Å². The van der Waals surface area contributed by atoms with Gasteiger partial charge in [-0.3, -0.25) is 9.59 Å². The number of nitrogens with one attached hydrogen (secondary N) is 1. The summed E-state index contributed by atoms with van der Waals surface area (Å²) in [5.74, 6) is -0.602. The number of hydrogen-bond acceptors (Lipinski definition) is 5. The highest BCUT2D eigenvalue weighted by molar-refractivity contribution is 6.05. The molecule has 2 N–H and O–H groups in total. The van der Waals surface area contributed by atoms with E-state index in [1.807, 2.05) is 60.7 Å². The van der Waals surface area contributed by atoms with Crippen LogP contribution in [0.25, 0.3) is 11.1 Å². The molecule has 7 heteroatoms. The summed E-state index contributed by atoms with van der Waals surface area (Å²) >= 11 is 0. The predicted octanol–water partition coefficient (Wildman–Crippen LogP) is 3.42. The Bertz CT molecular complexity index is 1150. The molecule has 0 spiro atoms. The normalized spacial score (nSPS) is 17.4. The number of benzene rings is 3. The molecule has 1 aliphatic rings. The fraction of sp³-hybridized carbons (Fsp3) is 0.222. The van der Waals surface area contributed by atoms with Gasteiger partial charge in [-0.15, -0.1) is 0 Å². The summed E-state index contributed by atoms with van der Waals surface area (Å²) in [5.41, 5.74) is 3.87. The number of hydrogen-bond donors (Lipinski definition) is 2. The quantitative estimate of drug-likeness (QED) is 0.532. The van der Waals surface area contributed by atoms with Gasteiger partial charge in [-0.2, -0.15) is 0 Å². The molecule has 4 rings (SSSR count). The van der Waals surface area contributed by atoms with Crippen LogP contribution in [0.4, 0.5) is 0 Å². The average molecular weight is 458 g/mol. The molecule has 0 aliphatic carbocycles. The number of oxime groups is 1. The Morgan fingerprint density at radius 1 is 1.00 bits per heavy atom. The standard InChI is InChI=1S/C27H27N3O4/c1-34-29-23-16-24(26(32)28-17-25(31)21-10-6-3-7-11-21)30(18-23)27(33)22-14-12-20(13-15-22)19-8-4-2-5-9-19/h2-15,24-25,31H,16-18H2,1H3,(H,28,32)/t24-,25+/m0/s1. The van der Waals surface area contributed by atoms with Crippen molar-refractivity contribution in [3.8, 4) is 11.1 Å². The van der Waals surface area contributed by atoms with Crippen molar-refractivity contribution in [2.24, 2.45) is 5.16 Å². The summed E-state index contributed by atoms with van der Waals surface area (Å²) in [6, 6.07) is 25.6. The summed E-state index contributed by atoms with van der Waals surface area (Å²) in [6.45, 7) is 0.246. The number of aliphatic hydroxyl groups is 1. The van der Waals surface area contributed by atoms with Gasteiger partial charge < -0.3 is 20.2 Å². The third-order valence-electron chi connectivity index (χ3n) is 5.83. The molecule has 1 saturated heterocycles. The minimum atomic E-state index is -0.839. The molecule has 7 nitrogen and oxygen atoms in total. The number of amides is 2. The molecule has 1 heterocycles. The second-order valence-electron chi connectivity index (χ2n) is 8.11. The van der Waals surface area contributed by atoms with Gasteiger partial charge in [0.25, 0.3) is 5.91 Å². The van der Waals surface area contributed by atoms with E-state index in [1.54, 1.807) is 24.3 Å². The van der Waals surface area contributed by atoms with Gasteiger partial charge in [0.1, 0.15) is 13.2 Å². The molecule has 3 aromatic carbocycles. The number of nitrogens with zero attached hydrogens (tertiary/aromatic N) is 2. The van der Waals surface area contributed by atoms with Crippen molar-refractivity contribution in [1.29, 1.82) is 0 Å². The van der Waals surface area contributed by atoms with Gasteiger partial charge in [0.2, 0.25) is 5.91 Å². The van der Waals surface area contributed by atoms with E-state index in [1.165, 1.54) is 12.0 Å². The third-order valence-corrected chi connectivity index (χ3v) is 5.83. The molecular formula is C27H27N3O4. The molecule has 1 aliphatic heterocycles. The Morgan fingerprint density at radius 2 is 1.62 bits per heavy atom. The Hall–Kier alpha value is -3.97. The van der Waals surface area contributed by atoms with E-state index in [0.29, 0.717) is 16.8 Å². The first-order chi connectivity index (χ1) is 16.6. The van der Waals surface area contributed by atoms with Gasteiger partial charge >= 0.3 is 0 Å². The zero-order valence-corrected chi connectivity index (χ0v) is 18.9. The minimum absolute atomic E-state index is 0.0455. The number of aliphatic hydroxyl groups excluding tert-OH is 1. The highest BCUT2D eigenvalue weighted by Crippen LogP contribution is 2.23. The maximum atomic E-state index is 13.3. The van der Waals surface area contributed by atoms with Gasteiger partial charge in [0, 0.05) is 18.5 Å². The van der Waals surface area contributed by atoms with Gasteiger partial charge in [-0.1, -0.05) is 78.0 Å². The van der Waals surface area contributed by atoms with Gasteiger partial charge in [0.15, 0.2) is 0 Å². The molecule has 0 unspecified atom stereocenters. The summed E-state index contributed by atoms with van der Waals surface area (Å²) < 4.78 is 0. The first kappa shape index (κ1) is 23.2. The lowest BCUT2D eigenvalue weighted by atomic mass is 10.0. The highest BCUT2D eigenvalue weighted by atomic mass is 16.6.